The minimum Gasteiger partial charge on any atom is -0.354 e. The zero-order valence-corrected chi connectivity index (χ0v) is 12.4. The molecule has 0 amide bonds. The second-order valence-corrected chi connectivity index (χ2v) is 6.43. The van der Waals surface area contributed by atoms with Gasteiger partial charge >= 0.3 is 0 Å². The van der Waals surface area contributed by atoms with Gasteiger partial charge in [0.25, 0.3) is 0 Å². The van der Waals surface area contributed by atoms with Crippen LogP contribution in [-0.2, 0) is 0 Å². The Labute approximate surface area is 130 Å². The van der Waals surface area contributed by atoms with Crippen LogP contribution < -0.4 is 4.90 Å². The van der Waals surface area contributed by atoms with Crippen LogP contribution in [0.3, 0.4) is 0 Å². The standard InChI is InChI=1S/C18H18N4/c19-9-15-10-20-11-17(21-15)22-12-16(14-5-2-1-3-6-14)18(13-22)7-4-8-18/h1-3,5-6,10-11,16H,4,7-8,12-13H2/t16-/m1/s1. The largest absolute Gasteiger partial charge is 0.354 e. The van der Waals surface area contributed by atoms with Gasteiger partial charge in [-0.3, -0.25) is 4.98 Å². The minimum absolute atomic E-state index is 0.381. The van der Waals surface area contributed by atoms with Gasteiger partial charge in [0.05, 0.1) is 12.4 Å². The maximum Gasteiger partial charge on any atom is 0.161 e. The molecule has 0 radical (unpaired) electrons. The highest BCUT2D eigenvalue weighted by molar-refractivity contribution is 5.44. The van der Waals surface area contributed by atoms with Gasteiger partial charge in [0.15, 0.2) is 5.69 Å². The fourth-order valence-electron chi connectivity index (χ4n) is 3.99. The van der Waals surface area contributed by atoms with E-state index in [1.165, 1.54) is 31.0 Å². The van der Waals surface area contributed by atoms with Gasteiger partial charge in [0, 0.05) is 19.0 Å². The summed E-state index contributed by atoms with van der Waals surface area (Å²) < 4.78 is 0. The van der Waals surface area contributed by atoms with E-state index in [9.17, 15) is 0 Å². The fourth-order valence-corrected chi connectivity index (χ4v) is 3.99. The van der Waals surface area contributed by atoms with E-state index < -0.39 is 0 Å². The van der Waals surface area contributed by atoms with Crippen LogP contribution in [0.25, 0.3) is 0 Å². The summed E-state index contributed by atoms with van der Waals surface area (Å²) in [6.45, 7) is 1.99. The van der Waals surface area contributed by atoms with Crippen LogP contribution in [0.5, 0.6) is 0 Å². The molecule has 2 heterocycles. The highest BCUT2D eigenvalue weighted by Gasteiger charge is 2.51. The van der Waals surface area contributed by atoms with Crippen molar-refractivity contribution in [3.8, 4) is 6.07 Å². The number of nitriles is 1. The topological polar surface area (TPSA) is 52.8 Å². The minimum atomic E-state index is 0.381. The molecule has 4 rings (SSSR count). The molecule has 1 spiro atoms. The van der Waals surface area contributed by atoms with Crippen molar-refractivity contribution < 1.29 is 0 Å². The highest BCUT2D eigenvalue weighted by atomic mass is 15.2. The van der Waals surface area contributed by atoms with Gasteiger partial charge in [0.1, 0.15) is 11.9 Å². The predicted octanol–water partition coefficient (Wildman–Crippen LogP) is 3.12. The van der Waals surface area contributed by atoms with E-state index >= 15 is 0 Å². The summed E-state index contributed by atoms with van der Waals surface area (Å²) >= 11 is 0. The van der Waals surface area contributed by atoms with Gasteiger partial charge in [-0.05, 0) is 23.8 Å². The Morgan fingerprint density at radius 1 is 1.18 bits per heavy atom. The van der Waals surface area contributed by atoms with Crippen molar-refractivity contribution in [2.24, 2.45) is 5.41 Å². The quantitative estimate of drug-likeness (QED) is 0.852. The third-order valence-corrected chi connectivity index (χ3v) is 5.26. The van der Waals surface area contributed by atoms with Crippen molar-refractivity contribution in [1.29, 1.82) is 5.26 Å². The molecule has 2 fully saturated rings. The Morgan fingerprint density at radius 3 is 2.68 bits per heavy atom. The van der Waals surface area contributed by atoms with Gasteiger partial charge in [-0.1, -0.05) is 36.8 Å². The van der Waals surface area contributed by atoms with Gasteiger partial charge in [0.2, 0.25) is 0 Å². The lowest BCUT2D eigenvalue weighted by Gasteiger charge is -2.43. The molecule has 0 N–H and O–H groups in total. The lowest BCUT2D eigenvalue weighted by atomic mass is 9.61. The molecule has 4 heteroatoms. The van der Waals surface area contributed by atoms with Crippen molar-refractivity contribution >= 4 is 5.82 Å². The van der Waals surface area contributed by atoms with Crippen LogP contribution in [0.2, 0.25) is 0 Å². The predicted molar refractivity (Wildman–Crippen MR) is 84.4 cm³/mol. The first-order valence-corrected chi connectivity index (χ1v) is 7.83. The Morgan fingerprint density at radius 2 is 2.00 bits per heavy atom. The summed E-state index contributed by atoms with van der Waals surface area (Å²) in [5, 5.41) is 9.02. The summed E-state index contributed by atoms with van der Waals surface area (Å²) in [4.78, 5) is 10.9. The van der Waals surface area contributed by atoms with E-state index in [1.54, 1.807) is 6.20 Å². The molecular formula is C18H18N4. The Bertz CT molecular complexity index is 715. The number of nitrogens with zero attached hydrogens (tertiary/aromatic N) is 4. The molecule has 0 unspecified atom stereocenters. The average Bonchev–Trinajstić information content (AvgIpc) is 2.97. The van der Waals surface area contributed by atoms with Crippen molar-refractivity contribution in [3.05, 3.63) is 54.0 Å². The summed E-state index contributed by atoms with van der Waals surface area (Å²) in [6.07, 6.45) is 7.19. The first-order valence-electron chi connectivity index (χ1n) is 7.83. The van der Waals surface area contributed by atoms with Crippen molar-refractivity contribution in [3.63, 3.8) is 0 Å². The second kappa shape index (κ2) is 5.10. The molecule has 110 valence electrons. The summed E-state index contributed by atoms with van der Waals surface area (Å²) in [6, 6.07) is 12.9. The monoisotopic (exact) mass is 290 g/mol. The van der Waals surface area contributed by atoms with Crippen LogP contribution in [0.4, 0.5) is 5.82 Å². The number of hydrogen-bond donors (Lipinski definition) is 0. The molecule has 1 aliphatic carbocycles. The lowest BCUT2D eigenvalue weighted by molar-refractivity contribution is 0.139. The first kappa shape index (κ1) is 13.3. The average molecular weight is 290 g/mol. The summed E-state index contributed by atoms with van der Waals surface area (Å²) in [5.41, 5.74) is 2.20. The molecule has 1 aromatic carbocycles. The van der Waals surface area contributed by atoms with E-state index in [0.717, 1.165) is 18.9 Å². The summed E-state index contributed by atoms with van der Waals surface area (Å²) in [7, 11) is 0. The molecule has 1 aliphatic heterocycles. The number of rotatable bonds is 2. The molecule has 2 aromatic rings. The molecule has 22 heavy (non-hydrogen) atoms. The maximum atomic E-state index is 9.02. The first-order chi connectivity index (χ1) is 10.8. The maximum absolute atomic E-state index is 9.02. The van der Waals surface area contributed by atoms with E-state index in [4.69, 9.17) is 5.26 Å². The second-order valence-electron chi connectivity index (χ2n) is 6.43. The normalized spacial score (nSPS) is 22.3. The zero-order valence-electron chi connectivity index (χ0n) is 12.4. The molecule has 2 aliphatic rings. The van der Waals surface area contributed by atoms with Gasteiger partial charge in [-0.2, -0.15) is 5.26 Å². The lowest BCUT2D eigenvalue weighted by Crippen LogP contribution is -2.36. The van der Waals surface area contributed by atoms with Crippen LogP contribution >= 0.6 is 0 Å². The van der Waals surface area contributed by atoms with Crippen LogP contribution in [-0.4, -0.2) is 23.1 Å². The molecule has 4 nitrogen and oxygen atoms in total. The van der Waals surface area contributed by atoms with E-state index in [1.807, 2.05) is 0 Å². The molecule has 1 saturated carbocycles. The number of aromatic nitrogens is 2. The van der Waals surface area contributed by atoms with Crippen molar-refractivity contribution in [1.82, 2.24) is 9.97 Å². The fraction of sp³-hybridized carbons (Fsp3) is 0.389. The highest BCUT2D eigenvalue weighted by Crippen LogP contribution is 2.56. The number of hydrogen-bond acceptors (Lipinski definition) is 4. The SMILES string of the molecule is N#Cc1cncc(N2C[C@H](c3ccccc3)C3(CCC3)C2)n1. The van der Waals surface area contributed by atoms with E-state index in [2.05, 4.69) is 51.3 Å². The van der Waals surface area contributed by atoms with Crippen molar-refractivity contribution in [2.75, 3.05) is 18.0 Å². The molecule has 1 atom stereocenters. The van der Waals surface area contributed by atoms with Gasteiger partial charge < -0.3 is 4.90 Å². The molecular weight excluding hydrogens is 272 g/mol. The molecule has 1 aromatic heterocycles. The number of benzene rings is 1. The van der Waals surface area contributed by atoms with Crippen LogP contribution in [0.1, 0.15) is 36.4 Å². The smallest absolute Gasteiger partial charge is 0.161 e. The molecule has 0 bridgehead atoms. The van der Waals surface area contributed by atoms with E-state index in [0.29, 0.717) is 17.0 Å². The van der Waals surface area contributed by atoms with E-state index in [-0.39, 0.29) is 0 Å². The van der Waals surface area contributed by atoms with Gasteiger partial charge in [-0.15, -0.1) is 0 Å². The number of anilines is 1. The Hall–Kier alpha value is -2.41. The zero-order chi connectivity index (χ0) is 15.0. The Balaban J connectivity index is 1.66. The van der Waals surface area contributed by atoms with Crippen LogP contribution in [0.15, 0.2) is 42.7 Å². The summed E-state index contributed by atoms with van der Waals surface area (Å²) in [5.74, 6) is 1.39. The van der Waals surface area contributed by atoms with Gasteiger partial charge in [-0.25, -0.2) is 4.98 Å². The van der Waals surface area contributed by atoms with Crippen molar-refractivity contribution in [2.45, 2.75) is 25.2 Å². The Kier molecular flexibility index (Phi) is 3.07. The third kappa shape index (κ3) is 2.05. The third-order valence-electron chi connectivity index (χ3n) is 5.26. The van der Waals surface area contributed by atoms with Crippen LogP contribution in [0, 0.1) is 16.7 Å². The molecule has 1 saturated heterocycles.